The molecule has 0 aromatic heterocycles. The predicted molar refractivity (Wildman–Crippen MR) is 126 cm³/mol. The van der Waals surface area contributed by atoms with Gasteiger partial charge >= 0.3 is 0 Å². The zero-order chi connectivity index (χ0) is 22.4. The number of fused-ring (bicyclic) bond motifs is 1. The van der Waals surface area contributed by atoms with Crippen LogP contribution >= 0.6 is 0 Å². The van der Waals surface area contributed by atoms with Crippen LogP contribution in [0.5, 0.6) is 5.75 Å². The van der Waals surface area contributed by atoms with Gasteiger partial charge in [0.15, 0.2) is 0 Å². The number of anilines is 2. The van der Waals surface area contributed by atoms with Crippen molar-refractivity contribution < 1.29 is 14.3 Å². The second kappa shape index (κ2) is 7.68. The summed E-state index contributed by atoms with van der Waals surface area (Å²) in [6, 6.07) is 21.0. The quantitative estimate of drug-likeness (QED) is 0.572. The fourth-order valence-corrected chi connectivity index (χ4v) is 4.46. The lowest BCUT2D eigenvalue weighted by molar-refractivity contribution is -0.120. The van der Waals surface area contributed by atoms with E-state index in [1.807, 2.05) is 79.4 Å². The zero-order valence-electron chi connectivity index (χ0n) is 18.4. The Kier molecular flexibility index (Phi) is 4.82. The molecule has 0 radical (unpaired) electrons. The smallest absolute Gasteiger partial charge is 0.282 e. The highest BCUT2D eigenvalue weighted by atomic mass is 16.5. The summed E-state index contributed by atoms with van der Waals surface area (Å²) < 4.78 is 5.28. The van der Waals surface area contributed by atoms with Crippen LogP contribution in [0.1, 0.15) is 22.3 Å². The van der Waals surface area contributed by atoms with Crippen molar-refractivity contribution in [3.05, 3.63) is 94.7 Å². The van der Waals surface area contributed by atoms with Gasteiger partial charge in [0.1, 0.15) is 11.4 Å². The molecule has 0 aliphatic carbocycles. The van der Waals surface area contributed by atoms with Crippen LogP contribution in [-0.2, 0) is 16.0 Å². The highest BCUT2D eigenvalue weighted by Crippen LogP contribution is 2.40. The Morgan fingerprint density at radius 3 is 2.31 bits per heavy atom. The van der Waals surface area contributed by atoms with Gasteiger partial charge in [-0.2, -0.15) is 0 Å². The van der Waals surface area contributed by atoms with Gasteiger partial charge in [0, 0.05) is 12.2 Å². The number of ether oxygens (including phenoxy) is 1. The van der Waals surface area contributed by atoms with Crippen LogP contribution in [0, 0.1) is 13.8 Å². The third kappa shape index (κ3) is 3.09. The first-order valence-electron chi connectivity index (χ1n) is 10.7. The first kappa shape index (κ1) is 20.1. The van der Waals surface area contributed by atoms with E-state index < -0.39 is 0 Å². The molecule has 3 aromatic carbocycles. The normalized spacial score (nSPS) is 15.6. The van der Waals surface area contributed by atoms with E-state index >= 15 is 0 Å². The first-order valence-corrected chi connectivity index (χ1v) is 10.7. The Balaban J connectivity index is 1.67. The van der Waals surface area contributed by atoms with E-state index in [2.05, 4.69) is 6.07 Å². The number of aryl methyl sites for hydroxylation is 2. The molecule has 2 heterocycles. The number of methoxy groups -OCH3 is 1. The van der Waals surface area contributed by atoms with Crippen molar-refractivity contribution in [1.29, 1.82) is 0 Å². The van der Waals surface area contributed by atoms with Crippen molar-refractivity contribution in [3.8, 4) is 5.75 Å². The Morgan fingerprint density at radius 1 is 0.844 bits per heavy atom. The molecule has 5 rings (SSSR count). The standard InChI is InChI=1S/C27H24N2O3/c1-17-8-11-21(16-18(17)2)29-26(30)24(20-9-12-22(32-3)13-10-20)25(27(29)31)28-15-14-19-6-4-5-7-23(19)28/h4-13,16H,14-15H2,1-3H3. The van der Waals surface area contributed by atoms with Gasteiger partial charge in [-0.1, -0.05) is 36.4 Å². The lowest BCUT2D eigenvalue weighted by Gasteiger charge is -2.22. The molecule has 2 amide bonds. The third-order valence-corrected chi connectivity index (χ3v) is 6.34. The van der Waals surface area contributed by atoms with Crippen LogP contribution in [0.4, 0.5) is 11.4 Å². The van der Waals surface area contributed by atoms with Crippen molar-refractivity contribution in [2.45, 2.75) is 20.3 Å². The van der Waals surface area contributed by atoms with Crippen LogP contribution in [0.25, 0.3) is 5.57 Å². The number of para-hydroxylation sites is 1. The summed E-state index contributed by atoms with van der Waals surface area (Å²) in [5.41, 5.74) is 6.47. The fourth-order valence-electron chi connectivity index (χ4n) is 4.46. The summed E-state index contributed by atoms with van der Waals surface area (Å²) in [4.78, 5) is 30.8. The van der Waals surface area contributed by atoms with Gasteiger partial charge in [-0.25, -0.2) is 4.90 Å². The number of carbonyl (C=O) groups excluding carboxylic acids is 2. The molecule has 5 heteroatoms. The molecule has 32 heavy (non-hydrogen) atoms. The second-order valence-corrected chi connectivity index (χ2v) is 8.20. The summed E-state index contributed by atoms with van der Waals surface area (Å²) in [6.45, 7) is 4.66. The summed E-state index contributed by atoms with van der Waals surface area (Å²) in [5.74, 6) is 0.105. The monoisotopic (exact) mass is 424 g/mol. The van der Waals surface area contributed by atoms with E-state index in [4.69, 9.17) is 4.74 Å². The summed E-state index contributed by atoms with van der Waals surface area (Å²) in [5, 5.41) is 0. The van der Waals surface area contributed by atoms with Gasteiger partial charge < -0.3 is 9.64 Å². The van der Waals surface area contributed by atoms with E-state index in [0.717, 1.165) is 23.2 Å². The molecular weight excluding hydrogens is 400 g/mol. The maximum absolute atomic E-state index is 13.8. The number of hydrogen-bond donors (Lipinski definition) is 0. The molecule has 5 nitrogen and oxygen atoms in total. The minimum Gasteiger partial charge on any atom is -0.497 e. The van der Waals surface area contributed by atoms with E-state index in [1.165, 1.54) is 10.5 Å². The number of benzene rings is 3. The van der Waals surface area contributed by atoms with Crippen molar-refractivity contribution >= 4 is 28.8 Å². The molecule has 0 spiro atoms. The number of amides is 2. The number of hydrogen-bond acceptors (Lipinski definition) is 4. The summed E-state index contributed by atoms with van der Waals surface area (Å²) in [6.07, 6.45) is 0.834. The second-order valence-electron chi connectivity index (χ2n) is 8.20. The lowest BCUT2D eigenvalue weighted by atomic mass is 10.0. The van der Waals surface area contributed by atoms with Crippen molar-refractivity contribution in [2.24, 2.45) is 0 Å². The van der Waals surface area contributed by atoms with E-state index in [-0.39, 0.29) is 11.8 Å². The molecule has 160 valence electrons. The first-order chi connectivity index (χ1) is 15.5. The Hall–Kier alpha value is -3.86. The summed E-state index contributed by atoms with van der Waals surface area (Å²) >= 11 is 0. The Bertz CT molecular complexity index is 1270. The predicted octanol–water partition coefficient (Wildman–Crippen LogP) is 4.66. The Labute approximate surface area is 187 Å². The van der Waals surface area contributed by atoms with Gasteiger partial charge in [0.25, 0.3) is 11.8 Å². The third-order valence-electron chi connectivity index (χ3n) is 6.34. The molecule has 0 atom stereocenters. The molecule has 3 aromatic rings. The van der Waals surface area contributed by atoms with E-state index in [0.29, 0.717) is 34.8 Å². The maximum Gasteiger partial charge on any atom is 0.282 e. The van der Waals surface area contributed by atoms with Crippen molar-refractivity contribution in [1.82, 2.24) is 0 Å². The average Bonchev–Trinajstić information content (AvgIpc) is 3.34. The minimum atomic E-state index is -0.303. The highest BCUT2D eigenvalue weighted by molar-refractivity contribution is 6.46. The molecule has 0 bridgehead atoms. The van der Waals surface area contributed by atoms with Gasteiger partial charge in [0.05, 0.1) is 18.4 Å². The molecule has 2 aliphatic rings. The van der Waals surface area contributed by atoms with Crippen LogP contribution < -0.4 is 14.5 Å². The van der Waals surface area contributed by atoms with Crippen molar-refractivity contribution in [3.63, 3.8) is 0 Å². The van der Waals surface area contributed by atoms with Gasteiger partial charge in [0.2, 0.25) is 0 Å². The highest BCUT2D eigenvalue weighted by Gasteiger charge is 2.44. The molecule has 0 N–H and O–H groups in total. The van der Waals surface area contributed by atoms with Gasteiger partial charge in [-0.3, -0.25) is 9.59 Å². The Morgan fingerprint density at radius 2 is 1.59 bits per heavy atom. The molecule has 2 aliphatic heterocycles. The van der Waals surface area contributed by atoms with Gasteiger partial charge in [-0.15, -0.1) is 0 Å². The minimum absolute atomic E-state index is 0.291. The topological polar surface area (TPSA) is 49.9 Å². The van der Waals surface area contributed by atoms with Crippen LogP contribution in [0.15, 0.2) is 72.4 Å². The van der Waals surface area contributed by atoms with Crippen LogP contribution in [0.2, 0.25) is 0 Å². The number of imide groups is 1. The molecule has 0 saturated carbocycles. The molecule has 0 fully saturated rings. The lowest BCUT2D eigenvalue weighted by Crippen LogP contribution is -2.35. The van der Waals surface area contributed by atoms with Crippen molar-refractivity contribution in [2.75, 3.05) is 23.5 Å². The molecule has 0 unspecified atom stereocenters. The number of nitrogens with zero attached hydrogens (tertiary/aromatic N) is 2. The average molecular weight is 425 g/mol. The fraction of sp³-hybridized carbons (Fsp3) is 0.185. The molecular formula is C27H24N2O3. The molecule has 0 saturated heterocycles. The van der Waals surface area contributed by atoms with Gasteiger partial charge in [-0.05, 0) is 72.9 Å². The van der Waals surface area contributed by atoms with Crippen LogP contribution in [0.3, 0.4) is 0 Å². The van der Waals surface area contributed by atoms with E-state index in [1.54, 1.807) is 7.11 Å². The SMILES string of the molecule is COc1ccc(C2=C(N3CCc4ccccc43)C(=O)N(c3ccc(C)c(C)c3)C2=O)cc1. The summed E-state index contributed by atoms with van der Waals surface area (Å²) in [7, 11) is 1.60. The number of rotatable bonds is 4. The zero-order valence-corrected chi connectivity index (χ0v) is 18.4. The largest absolute Gasteiger partial charge is 0.497 e. The number of carbonyl (C=O) groups is 2. The van der Waals surface area contributed by atoms with Crippen LogP contribution in [-0.4, -0.2) is 25.5 Å². The van der Waals surface area contributed by atoms with E-state index in [9.17, 15) is 9.59 Å². The maximum atomic E-state index is 13.8.